The second-order valence-corrected chi connectivity index (χ2v) is 9.21. The standard InChI is InChI=1S/C22H22BrClN4OS/c1-4-11-28-21(16-7-5-15(6-8-16)14(2)3)26-27-22(28)30-13-20(29)25-19-10-9-17(23)12-18(19)24/h4-10,12,14H,1,11,13H2,2-3H3,(H,25,29). The van der Waals surface area contributed by atoms with Crippen LogP contribution in [0.1, 0.15) is 25.3 Å². The molecule has 0 spiro atoms. The number of carbonyl (C=O) groups excluding carboxylic acids is 1. The summed E-state index contributed by atoms with van der Waals surface area (Å²) in [7, 11) is 0. The van der Waals surface area contributed by atoms with Crippen LogP contribution in [0.5, 0.6) is 0 Å². The van der Waals surface area contributed by atoms with E-state index in [9.17, 15) is 4.79 Å². The molecule has 1 aromatic heterocycles. The second-order valence-electron chi connectivity index (χ2n) is 6.94. The van der Waals surface area contributed by atoms with Crippen molar-refractivity contribution in [1.29, 1.82) is 0 Å². The number of aromatic nitrogens is 3. The summed E-state index contributed by atoms with van der Waals surface area (Å²) < 4.78 is 2.81. The summed E-state index contributed by atoms with van der Waals surface area (Å²) in [6.45, 7) is 8.71. The lowest BCUT2D eigenvalue weighted by atomic mass is 10.0. The van der Waals surface area contributed by atoms with Crippen molar-refractivity contribution in [2.75, 3.05) is 11.1 Å². The Morgan fingerprint density at radius 2 is 2.00 bits per heavy atom. The number of carbonyl (C=O) groups is 1. The molecule has 1 amide bonds. The summed E-state index contributed by atoms with van der Waals surface area (Å²) in [6, 6.07) is 13.6. The van der Waals surface area contributed by atoms with E-state index in [1.165, 1.54) is 17.3 Å². The average molecular weight is 506 g/mol. The van der Waals surface area contributed by atoms with Crippen molar-refractivity contribution in [2.45, 2.75) is 31.5 Å². The summed E-state index contributed by atoms with van der Waals surface area (Å²) in [5, 5.41) is 12.6. The number of rotatable bonds is 8. The molecule has 1 N–H and O–H groups in total. The van der Waals surface area contributed by atoms with Crippen LogP contribution in [-0.2, 0) is 11.3 Å². The lowest BCUT2D eigenvalue weighted by molar-refractivity contribution is -0.113. The predicted octanol–water partition coefficient (Wildman–Crippen LogP) is 6.40. The van der Waals surface area contributed by atoms with Crippen molar-refractivity contribution < 1.29 is 4.79 Å². The molecule has 0 atom stereocenters. The summed E-state index contributed by atoms with van der Waals surface area (Å²) in [5.41, 5.74) is 2.82. The van der Waals surface area contributed by atoms with Gasteiger partial charge in [0.25, 0.3) is 0 Å². The molecule has 0 unspecified atom stereocenters. The van der Waals surface area contributed by atoms with E-state index in [2.05, 4.69) is 76.1 Å². The molecule has 2 aromatic carbocycles. The molecule has 0 saturated carbocycles. The highest BCUT2D eigenvalue weighted by molar-refractivity contribution is 9.10. The Morgan fingerprint density at radius 1 is 1.27 bits per heavy atom. The number of amides is 1. The Kier molecular flexibility index (Phi) is 7.75. The summed E-state index contributed by atoms with van der Waals surface area (Å²) >= 11 is 10.8. The van der Waals surface area contributed by atoms with Gasteiger partial charge in [0, 0.05) is 16.6 Å². The minimum Gasteiger partial charge on any atom is -0.324 e. The van der Waals surface area contributed by atoms with Gasteiger partial charge in [0.2, 0.25) is 5.91 Å². The predicted molar refractivity (Wildman–Crippen MR) is 128 cm³/mol. The molecular weight excluding hydrogens is 484 g/mol. The lowest BCUT2D eigenvalue weighted by Crippen LogP contribution is -2.15. The summed E-state index contributed by atoms with van der Waals surface area (Å²) in [5.74, 6) is 1.24. The van der Waals surface area contributed by atoms with Crippen LogP contribution in [0.3, 0.4) is 0 Å². The van der Waals surface area contributed by atoms with Gasteiger partial charge in [-0.05, 0) is 29.7 Å². The fourth-order valence-corrected chi connectivity index (χ4v) is 4.30. The minimum absolute atomic E-state index is 0.166. The van der Waals surface area contributed by atoms with Crippen molar-refractivity contribution in [2.24, 2.45) is 0 Å². The highest BCUT2D eigenvalue weighted by Gasteiger charge is 2.16. The van der Waals surface area contributed by atoms with Crippen molar-refractivity contribution in [3.8, 4) is 11.4 Å². The highest BCUT2D eigenvalue weighted by atomic mass is 79.9. The maximum absolute atomic E-state index is 12.4. The number of anilines is 1. The van der Waals surface area contributed by atoms with E-state index in [-0.39, 0.29) is 11.7 Å². The Balaban J connectivity index is 1.73. The molecule has 0 fully saturated rings. The SMILES string of the molecule is C=CCn1c(SCC(=O)Nc2ccc(Br)cc2Cl)nnc1-c1ccc(C(C)C)cc1. The zero-order valence-electron chi connectivity index (χ0n) is 16.7. The maximum Gasteiger partial charge on any atom is 0.234 e. The van der Waals surface area contributed by atoms with Crippen LogP contribution in [0.4, 0.5) is 5.69 Å². The van der Waals surface area contributed by atoms with Crippen molar-refractivity contribution in [3.63, 3.8) is 0 Å². The molecule has 0 aliphatic rings. The first-order chi connectivity index (χ1) is 14.4. The number of nitrogens with one attached hydrogen (secondary N) is 1. The number of nitrogens with zero attached hydrogens (tertiary/aromatic N) is 3. The molecule has 0 aliphatic carbocycles. The number of allylic oxidation sites excluding steroid dienone is 1. The van der Waals surface area contributed by atoms with E-state index < -0.39 is 0 Å². The zero-order chi connectivity index (χ0) is 21.7. The normalized spacial score (nSPS) is 11.0. The van der Waals surface area contributed by atoms with Gasteiger partial charge < -0.3 is 5.32 Å². The molecule has 30 heavy (non-hydrogen) atoms. The molecule has 3 rings (SSSR count). The van der Waals surface area contributed by atoms with Gasteiger partial charge in [-0.3, -0.25) is 9.36 Å². The van der Waals surface area contributed by atoms with E-state index in [0.717, 1.165) is 15.9 Å². The molecule has 0 aliphatic heterocycles. The van der Waals surface area contributed by atoms with E-state index in [4.69, 9.17) is 11.6 Å². The van der Waals surface area contributed by atoms with E-state index >= 15 is 0 Å². The molecule has 0 saturated heterocycles. The van der Waals surface area contributed by atoms with Gasteiger partial charge in [-0.2, -0.15) is 0 Å². The first-order valence-corrected chi connectivity index (χ1v) is 11.6. The van der Waals surface area contributed by atoms with E-state index in [0.29, 0.717) is 28.3 Å². The fraction of sp³-hybridized carbons (Fsp3) is 0.227. The van der Waals surface area contributed by atoms with Crippen LogP contribution in [-0.4, -0.2) is 26.4 Å². The number of benzene rings is 2. The van der Waals surface area contributed by atoms with Crippen molar-refractivity contribution in [3.05, 3.63) is 70.2 Å². The monoisotopic (exact) mass is 504 g/mol. The maximum atomic E-state index is 12.4. The third-order valence-electron chi connectivity index (χ3n) is 4.40. The summed E-state index contributed by atoms with van der Waals surface area (Å²) in [6.07, 6.45) is 1.79. The molecule has 156 valence electrons. The average Bonchev–Trinajstić information content (AvgIpc) is 3.11. The zero-order valence-corrected chi connectivity index (χ0v) is 19.9. The van der Waals surface area contributed by atoms with Gasteiger partial charge in [-0.15, -0.1) is 16.8 Å². The Morgan fingerprint density at radius 3 is 2.63 bits per heavy atom. The van der Waals surface area contributed by atoms with Crippen LogP contribution in [0, 0.1) is 0 Å². The van der Waals surface area contributed by atoms with Crippen LogP contribution >= 0.6 is 39.3 Å². The Hall–Kier alpha value is -2.09. The van der Waals surface area contributed by atoms with Gasteiger partial charge in [0.1, 0.15) is 0 Å². The molecule has 5 nitrogen and oxygen atoms in total. The lowest BCUT2D eigenvalue weighted by Gasteiger charge is -2.10. The van der Waals surface area contributed by atoms with Gasteiger partial charge in [0.15, 0.2) is 11.0 Å². The van der Waals surface area contributed by atoms with Crippen LogP contribution in [0.25, 0.3) is 11.4 Å². The third kappa shape index (κ3) is 5.53. The van der Waals surface area contributed by atoms with Gasteiger partial charge in [0.05, 0.1) is 16.5 Å². The molecule has 1 heterocycles. The number of halogens is 2. The molecule has 0 radical (unpaired) electrons. The third-order valence-corrected chi connectivity index (χ3v) is 6.17. The molecule has 0 bridgehead atoms. The fourth-order valence-electron chi connectivity index (χ4n) is 2.83. The largest absolute Gasteiger partial charge is 0.324 e. The van der Waals surface area contributed by atoms with E-state index in [1.54, 1.807) is 18.2 Å². The smallest absolute Gasteiger partial charge is 0.234 e. The number of thioether (sulfide) groups is 1. The van der Waals surface area contributed by atoms with Crippen LogP contribution < -0.4 is 5.32 Å². The summed E-state index contributed by atoms with van der Waals surface area (Å²) in [4.78, 5) is 12.4. The number of hydrogen-bond acceptors (Lipinski definition) is 4. The first-order valence-electron chi connectivity index (χ1n) is 9.41. The topological polar surface area (TPSA) is 59.8 Å². The van der Waals surface area contributed by atoms with Gasteiger partial charge >= 0.3 is 0 Å². The van der Waals surface area contributed by atoms with Crippen LogP contribution in [0.2, 0.25) is 5.02 Å². The van der Waals surface area contributed by atoms with E-state index in [1.807, 2.05) is 10.6 Å². The van der Waals surface area contributed by atoms with Crippen LogP contribution in [0.15, 0.2) is 64.7 Å². The van der Waals surface area contributed by atoms with Crippen molar-refractivity contribution in [1.82, 2.24) is 14.8 Å². The van der Waals surface area contributed by atoms with Crippen molar-refractivity contribution >= 4 is 50.9 Å². The minimum atomic E-state index is -0.166. The Labute approximate surface area is 194 Å². The molecule has 3 aromatic rings. The molecular formula is C22H22BrClN4OS. The number of hydrogen-bond donors (Lipinski definition) is 1. The first kappa shape index (κ1) is 22.6. The second kappa shape index (κ2) is 10.3. The molecule has 8 heteroatoms. The Bertz CT molecular complexity index is 1050. The van der Waals surface area contributed by atoms with Gasteiger partial charge in [-0.25, -0.2) is 0 Å². The van der Waals surface area contributed by atoms with Gasteiger partial charge in [-0.1, -0.05) is 83.5 Å². The highest BCUT2D eigenvalue weighted by Crippen LogP contribution is 2.28. The quantitative estimate of drug-likeness (QED) is 0.284.